The molecule has 1 aromatic rings. The SMILES string of the molecule is CNC(=O)c1ccc(Cl)c(N=C(NC#N)SC)c1. The van der Waals surface area contributed by atoms with Crippen molar-refractivity contribution >= 4 is 40.1 Å². The summed E-state index contributed by atoms with van der Waals surface area (Å²) in [5.41, 5.74) is 0.892. The maximum atomic E-state index is 11.5. The lowest BCUT2D eigenvalue weighted by atomic mass is 10.2. The van der Waals surface area contributed by atoms with Crippen LogP contribution in [-0.4, -0.2) is 24.4 Å². The zero-order valence-corrected chi connectivity index (χ0v) is 11.4. The highest BCUT2D eigenvalue weighted by molar-refractivity contribution is 8.13. The number of carbonyl (C=O) groups excluding carboxylic acids is 1. The lowest BCUT2D eigenvalue weighted by Crippen LogP contribution is -2.17. The molecule has 0 aromatic heterocycles. The van der Waals surface area contributed by atoms with Crippen LogP contribution in [0, 0.1) is 11.5 Å². The molecule has 0 heterocycles. The highest BCUT2D eigenvalue weighted by atomic mass is 35.5. The van der Waals surface area contributed by atoms with Crippen molar-refractivity contribution < 1.29 is 4.79 Å². The van der Waals surface area contributed by atoms with Crippen LogP contribution >= 0.6 is 23.4 Å². The molecule has 7 heteroatoms. The monoisotopic (exact) mass is 282 g/mol. The molecule has 0 aliphatic carbocycles. The molecule has 0 saturated carbocycles. The normalized spacial score (nSPS) is 10.7. The summed E-state index contributed by atoms with van der Waals surface area (Å²) in [5.74, 6) is -0.220. The van der Waals surface area contributed by atoms with E-state index in [0.29, 0.717) is 21.4 Å². The fraction of sp³-hybridized carbons (Fsp3) is 0.182. The van der Waals surface area contributed by atoms with E-state index in [0.717, 1.165) is 0 Å². The average Bonchev–Trinajstić information content (AvgIpc) is 2.39. The second kappa shape index (κ2) is 6.89. The minimum Gasteiger partial charge on any atom is -0.355 e. The van der Waals surface area contributed by atoms with Crippen molar-refractivity contribution in [3.63, 3.8) is 0 Å². The number of nitriles is 1. The maximum Gasteiger partial charge on any atom is 0.251 e. The van der Waals surface area contributed by atoms with Crippen LogP contribution in [0.1, 0.15) is 10.4 Å². The van der Waals surface area contributed by atoms with E-state index in [1.54, 1.807) is 37.7 Å². The lowest BCUT2D eigenvalue weighted by Gasteiger charge is -2.05. The van der Waals surface area contributed by atoms with E-state index in [9.17, 15) is 4.79 Å². The van der Waals surface area contributed by atoms with Crippen molar-refractivity contribution in [3.8, 4) is 6.19 Å². The molecule has 0 bridgehead atoms. The third-order valence-corrected chi connectivity index (χ3v) is 2.91. The summed E-state index contributed by atoms with van der Waals surface area (Å²) >= 11 is 7.26. The molecule has 0 radical (unpaired) electrons. The van der Waals surface area contributed by atoms with Crippen molar-refractivity contribution in [2.75, 3.05) is 13.3 Å². The molecule has 0 aliphatic heterocycles. The van der Waals surface area contributed by atoms with Crippen LogP contribution in [0.25, 0.3) is 0 Å². The second-order valence-corrected chi connectivity index (χ2v) is 4.31. The van der Waals surface area contributed by atoms with Gasteiger partial charge in [0.2, 0.25) is 0 Å². The van der Waals surface area contributed by atoms with E-state index in [1.165, 1.54) is 11.8 Å². The molecule has 0 atom stereocenters. The number of hydrogen-bond donors (Lipinski definition) is 2. The number of benzene rings is 1. The van der Waals surface area contributed by atoms with Gasteiger partial charge in [-0.2, -0.15) is 5.26 Å². The van der Waals surface area contributed by atoms with E-state index in [2.05, 4.69) is 15.6 Å². The van der Waals surface area contributed by atoms with Crippen molar-refractivity contribution in [1.29, 1.82) is 5.26 Å². The standard InChI is InChI=1S/C11H11ClN4OS/c1-14-10(17)7-3-4-8(12)9(5-7)16-11(18-2)15-6-13/h3-5H,1-2H3,(H,14,17)(H,15,16). The molecule has 94 valence electrons. The summed E-state index contributed by atoms with van der Waals surface area (Å²) in [6.45, 7) is 0. The molecule has 1 rings (SSSR count). The Hall–Kier alpha value is -1.71. The van der Waals surface area contributed by atoms with Crippen LogP contribution in [0.5, 0.6) is 0 Å². The molecule has 5 nitrogen and oxygen atoms in total. The summed E-state index contributed by atoms with van der Waals surface area (Å²) in [5, 5.41) is 14.3. The highest BCUT2D eigenvalue weighted by Gasteiger charge is 2.07. The van der Waals surface area contributed by atoms with Crippen molar-refractivity contribution in [3.05, 3.63) is 28.8 Å². The van der Waals surface area contributed by atoms with Gasteiger partial charge in [-0.1, -0.05) is 23.4 Å². The van der Waals surface area contributed by atoms with Crippen LogP contribution in [0.3, 0.4) is 0 Å². The number of amidine groups is 1. The summed E-state index contributed by atoms with van der Waals surface area (Å²) in [7, 11) is 1.55. The fourth-order valence-electron chi connectivity index (χ4n) is 1.17. The number of thioether (sulfide) groups is 1. The molecule has 1 amide bonds. The molecule has 2 N–H and O–H groups in total. The minimum absolute atomic E-state index is 0.220. The Labute approximate surface area is 114 Å². The highest BCUT2D eigenvalue weighted by Crippen LogP contribution is 2.26. The third-order valence-electron chi connectivity index (χ3n) is 2.01. The molecule has 0 unspecified atom stereocenters. The lowest BCUT2D eigenvalue weighted by molar-refractivity contribution is 0.0963. The van der Waals surface area contributed by atoms with Gasteiger partial charge < -0.3 is 5.32 Å². The number of nitrogens with zero attached hydrogens (tertiary/aromatic N) is 2. The largest absolute Gasteiger partial charge is 0.355 e. The molecule has 0 fully saturated rings. The Morgan fingerprint density at radius 3 is 2.83 bits per heavy atom. The average molecular weight is 283 g/mol. The van der Waals surface area contributed by atoms with Gasteiger partial charge >= 0.3 is 0 Å². The first-order chi connectivity index (χ1) is 8.62. The number of nitrogens with one attached hydrogen (secondary N) is 2. The topological polar surface area (TPSA) is 77.3 Å². The Morgan fingerprint density at radius 2 is 2.28 bits per heavy atom. The zero-order valence-electron chi connectivity index (χ0n) is 9.82. The quantitative estimate of drug-likeness (QED) is 0.377. The smallest absolute Gasteiger partial charge is 0.251 e. The first kappa shape index (κ1) is 14.4. The predicted octanol–water partition coefficient (Wildman–Crippen LogP) is 2.12. The maximum absolute atomic E-state index is 11.5. The molecule has 0 aliphatic rings. The molecule has 0 saturated heterocycles. The van der Waals surface area contributed by atoms with E-state index in [1.807, 2.05) is 0 Å². The summed E-state index contributed by atoms with van der Waals surface area (Å²) in [6, 6.07) is 4.77. The Kier molecular flexibility index (Phi) is 5.49. The third kappa shape index (κ3) is 3.65. The van der Waals surface area contributed by atoms with Gasteiger partial charge in [0.05, 0.1) is 10.7 Å². The summed E-state index contributed by atoms with van der Waals surface area (Å²) < 4.78 is 0. The first-order valence-corrected chi connectivity index (χ1v) is 6.52. The Balaban J connectivity index is 3.15. The Morgan fingerprint density at radius 1 is 1.56 bits per heavy atom. The number of aliphatic imine (C=N–C) groups is 1. The second-order valence-electron chi connectivity index (χ2n) is 3.10. The number of rotatable bonds is 2. The van der Waals surface area contributed by atoms with Crippen LogP contribution in [0.2, 0.25) is 5.02 Å². The predicted molar refractivity (Wildman–Crippen MR) is 74.2 cm³/mol. The first-order valence-electron chi connectivity index (χ1n) is 4.91. The van der Waals surface area contributed by atoms with Crippen LogP contribution < -0.4 is 10.6 Å². The number of amides is 1. The summed E-state index contributed by atoms with van der Waals surface area (Å²) in [4.78, 5) is 15.7. The minimum atomic E-state index is -0.220. The van der Waals surface area contributed by atoms with Gasteiger partial charge in [-0.3, -0.25) is 10.1 Å². The Bertz CT molecular complexity index is 524. The van der Waals surface area contributed by atoms with E-state index in [4.69, 9.17) is 16.9 Å². The molecular formula is C11H11ClN4OS. The fourth-order valence-corrected chi connectivity index (χ4v) is 1.66. The van der Waals surface area contributed by atoms with Gasteiger partial charge in [-0.15, -0.1) is 0 Å². The summed E-state index contributed by atoms with van der Waals surface area (Å²) in [6.07, 6.45) is 3.56. The molecule has 0 spiro atoms. The van der Waals surface area contributed by atoms with E-state index in [-0.39, 0.29) is 5.91 Å². The number of halogens is 1. The number of carbonyl (C=O) groups is 1. The van der Waals surface area contributed by atoms with Gasteiger partial charge in [-0.05, 0) is 24.5 Å². The molecule has 18 heavy (non-hydrogen) atoms. The van der Waals surface area contributed by atoms with Gasteiger partial charge in [0.25, 0.3) is 5.91 Å². The van der Waals surface area contributed by atoms with Gasteiger partial charge in [-0.25, -0.2) is 4.99 Å². The van der Waals surface area contributed by atoms with Crippen LogP contribution in [0.15, 0.2) is 23.2 Å². The van der Waals surface area contributed by atoms with Gasteiger partial charge in [0.15, 0.2) is 11.4 Å². The molecule has 1 aromatic carbocycles. The van der Waals surface area contributed by atoms with Crippen LogP contribution in [-0.2, 0) is 0 Å². The van der Waals surface area contributed by atoms with Gasteiger partial charge in [0.1, 0.15) is 0 Å². The van der Waals surface area contributed by atoms with Crippen molar-refractivity contribution in [2.45, 2.75) is 0 Å². The van der Waals surface area contributed by atoms with E-state index < -0.39 is 0 Å². The van der Waals surface area contributed by atoms with Crippen molar-refractivity contribution in [1.82, 2.24) is 10.6 Å². The van der Waals surface area contributed by atoms with Crippen LogP contribution in [0.4, 0.5) is 5.69 Å². The van der Waals surface area contributed by atoms with E-state index >= 15 is 0 Å². The zero-order chi connectivity index (χ0) is 13.5. The molecular weight excluding hydrogens is 272 g/mol. The van der Waals surface area contributed by atoms with Gasteiger partial charge in [0, 0.05) is 12.6 Å². The number of hydrogen-bond acceptors (Lipinski definition) is 4. The van der Waals surface area contributed by atoms with Crippen molar-refractivity contribution in [2.24, 2.45) is 4.99 Å².